The van der Waals surface area contributed by atoms with Gasteiger partial charge < -0.3 is 22.3 Å². The van der Waals surface area contributed by atoms with E-state index in [-0.39, 0.29) is 5.69 Å². The minimum Gasteiger partial charge on any atom is -0.480 e. The third-order valence-corrected chi connectivity index (χ3v) is 3.80. The molecule has 9 heteroatoms. The van der Waals surface area contributed by atoms with E-state index in [1.165, 1.54) is 29.8 Å². The Bertz CT molecular complexity index is 739. The van der Waals surface area contributed by atoms with Gasteiger partial charge in [0.2, 0.25) is 0 Å². The van der Waals surface area contributed by atoms with Crippen molar-refractivity contribution in [3.05, 3.63) is 75.8 Å². The predicted octanol–water partition coefficient (Wildman–Crippen LogP) is 2.12. The highest BCUT2D eigenvalue weighted by molar-refractivity contribution is 5.75. The normalized spacial score (nSPS) is 10.5. The Balaban J connectivity index is 0.000000423. The van der Waals surface area contributed by atoms with Crippen LogP contribution in [-0.2, 0) is 11.2 Å². The fourth-order valence-corrected chi connectivity index (χ4v) is 2.12. The lowest BCUT2D eigenvalue weighted by Crippen LogP contribution is -2.29. The van der Waals surface area contributed by atoms with E-state index in [2.05, 4.69) is 12.1 Å². The Hall–Kier alpha value is -3.14. The van der Waals surface area contributed by atoms with Gasteiger partial charge in [0.1, 0.15) is 12.3 Å². The summed E-state index contributed by atoms with van der Waals surface area (Å²) in [6.07, 6.45) is 3.79. The second-order valence-corrected chi connectivity index (χ2v) is 6.22. The first-order chi connectivity index (χ1) is 14.3. The average Bonchev–Trinajstić information content (AvgIpc) is 2.75. The van der Waals surface area contributed by atoms with Crippen molar-refractivity contribution in [3.63, 3.8) is 0 Å². The van der Waals surface area contributed by atoms with Crippen molar-refractivity contribution in [1.82, 2.24) is 0 Å². The van der Waals surface area contributed by atoms with E-state index in [1.54, 1.807) is 0 Å². The Kier molecular flexibility index (Phi) is 15.0. The van der Waals surface area contributed by atoms with Crippen LogP contribution >= 0.6 is 0 Å². The summed E-state index contributed by atoms with van der Waals surface area (Å²) in [5.41, 5.74) is 17.5. The van der Waals surface area contributed by atoms with Gasteiger partial charge in [-0.1, -0.05) is 36.8 Å². The summed E-state index contributed by atoms with van der Waals surface area (Å²) < 4.78 is 0. The number of nitro benzene ring substituents is 1. The number of rotatable bonds is 9. The van der Waals surface area contributed by atoms with E-state index >= 15 is 0 Å². The molecule has 1 atom stereocenters. The van der Waals surface area contributed by atoms with Crippen LogP contribution in [0, 0.1) is 10.1 Å². The minimum atomic E-state index is -0.933. The molecule has 2 aromatic rings. The highest BCUT2D eigenvalue weighted by Crippen LogP contribution is 2.10. The number of hydrogen-bond donors (Lipinski definition) is 4. The van der Waals surface area contributed by atoms with Crippen LogP contribution in [0.15, 0.2) is 54.6 Å². The summed E-state index contributed by atoms with van der Waals surface area (Å²) in [5.74, 6) is -0.933. The molecule has 0 aliphatic rings. The number of benzene rings is 2. The fraction of sp³-hybridized carbons (Fsp3) is 0.333. The first-order valence-electron chi connectivity index (χ1n) is 9.47. The zero-order valence-corrected chi connectivity index (χ0v) is 16.9. The number of aldehydes is 1. The number of carbonyl (C=O) groups is 2. The summed E-state index contributed by atoms with van der Waals surface area (Å²) in [6.45, 7) is 1.34. The van der Waals surface area contributed by atoms with Crippen LogP contribution in [0.1, 0.15) is 35.2 Å². The zero-order valence-electron chi connectivity index (χ0n) is 16.9. The second-order valence-electron chi connectivity index (χ2n) is 6.22. The van der Waals surface area contributed by atoms with Gasteiger partial charge in [0.15, 0.2) is 0 Å². The Morgan fingerprint density at radius 3 is 2.07 bits per heavy atom. The molecule has 0 saturated heterocycles. The molecule has 9 nitrogen and oxygen atoms in total. The van der Waals surface area contributed by atoms with Crippen molar-refractivity contribution < 1.29 is 19.6 Å². The first kappa shape index (κ1) is 26.9. The van der Waals surface area contributed by atoms with Crippen molar-refractivity contribution in [1.29, 1.82) is 0 Å². The van der Waals surface area contributed by atoms with Crippen LogP contribution in [0.5, 0.6) is 0 Å². The molecule has 0 unspecified atom stereocenters. The summed E-state index contributed by atoms with van der Waals surface area (Å²) in [4.78, 5) is 29.9. The molecule has 164 valence electrons. The van der Waals surface area contributed by atoms with Crippen LogP contribution in [0.4, 0.5) is 5.69 Å². The molecule has 0 aliphatic carbocycles. The Morgan fingerprint density at radius 2 is 1.63 bits per heavy atom. The minimum absolute atomic E-state index is 0.00407. The summed E-state index contributed by atoms with van der Waals surface area (Å²) >= 11 is 0. The predicted molar refractivity (Wildman–Crippen MR) is 116 cm³/mol. The second kappa shape index (κ2) is 16.8. The number of nitrogens with two attached hydrogens (primary N) is 3. The van der Waals surface area contributed by atoms with E-state index in [1.807, 2.05) is 18.2 Å². The van der Waals surface area contributed by atoms with Gasteiger partial charge in [0.05, 0.1) is 4.92 Å². The summed E-state index contributed by atoms with van der Waals surface area (Å²) in [5, 5.41) is 18.4. The quantitative estimate of drug-likeness (QED) is 0.207. The molecule has 30 heavy (non-hydrogen) atoms. The largest absolute Gasteiger partial charge is 0.480 e. The fourth-order valence-electron chi connectivity index (χ4n) is 2.12. The topological polar surface area (TPSA) is 176 Å². The number of carboxylic acids is 1. The standard InChI is InChI=1S/C8H11N.C7H5NO3.C6H14N2O2/c9-7-6-8-4-2-1-3-5-8;9-5-6-1-3-7(4-2-6)8(10)11;7-4-2-1-3-5(8)6(9)10/h1-5H,6-7,9H2;1-5H;5H,1-4,7-8H2,(H,9,10)/t;;5-/m..1/s1. The number of non-ortho nitro benzene ring substituents is 1. The van der Waals surface area contributed by atoms with E-state index < -0.39 is 16.9 Å². The number of nitro groups is 1. The van der Waals surface area contributed by atoms with E-state index in [9.17, 15) is 19.7 Å². The zero-order chi connectivity index (χ0) is 22.8. The number of carbonyl (C=O) groups excluding carboxylic acids is 1. The van der Waals surface area contributed by atoms with Gasteiger partial charge in [-0.15, -0.1) is 0 Å². The van der Waals surface area contributed by atoms with Gasteiger partial charge in [-0.25, -0.2) is 0 Å². The molecular formula is C21H30N4O5. The Labute approximate surface area is 176 Å². The Morgan fingerprint density at radius 1 is 1.03 bits per heavy atom. The number of hydrogen-bond acceptors (Lipinski definition) is 7. The molecule has 0 saturated carbocycles. The van der Waals surface area contributed by atoms with Crippen molar-refractivity contribution in [2.24, 2.45) is 17.2 Å². The van der Waals surface area contributed by atoms with Gasteiger partial charge in [-0.3, -0.25) is 19.7 Å². The lowest BCUT2D eigenvalue weighted by molar-refractivity contribution is -0.384. The molecule has 0 aliphatic heterocycles. The molecule has 2 aromatic carbocycles. The molecule has 0 aromatic heterocycles. The number of nitrogens with zero attached hydrogens (tertiary/aromatic N) is 1. The van der Waals surface area contributed by atoms with Crippen molar-refractivity contribution in [2.45, 2.75) is 31.7 Å². The van der Waals surface area contributed by atoms with Crippen molar-refractivity contribution in [2.75, 3.05) is 13.1 Å². The third kappa shape index (κ3) is 13.1. The van der Waals surface area contributed by atoms with Gasteiger partial charge in [-0.2, -0.15) is 0 Å². The molecule has 2 rings (SSSR count). The first-order valence-corrected chi connectivity index (χ1v) is 9.47. The maximum atomic E-state index is 10.1. The number of carboxylic acid groups (broad SMARTS) is 1. The summed E-state index contributed by atoms with van der Waals surface area (Å²) in [7, 11) is 0. The van der Waals surface area contributed by atoms with Crippen molar-refractivity contribution >= 4 is 17.9 Å². The van der Waals surface area contributed by atoms with E-state index in [4.69, 9.17) is 22.3 Å². The highest BCUT2D eigenvalue weighted by Gasteiger charge is 2.09. The van der Waals surface area contributed by atoms with Crippen molar-refractivity contribution in [3.8, 4) is 0 Å². The number of aliphatic carboxylic acids is 1. The van der Waals surface area contributed by atoms with Gasteiger partial charge >= 0.3 is 5.97 Å². The lowest BCUT2D eigenvalue weighted by atomic mass is 10.1. The molecule has 0 radical (unpaired) electrons. The molecule has 0 spiro atoms. The van der Waals surface area contributed by atoms with Crippen LogP contribution in [0.2, 0.25) is 0 Å². The smallest absolute Gasteiger partial charge is 0.320 e. The van der Waals surface area contributed by atoms with E-state index in [0.717, 1.165) is 25.8 Å². The SMILES string of the molecule is NCCCC[C@@H](N)C(=O)O.NCCc1ccccc1.O=Cc1ccc([N+](=O)[O-])cc1. The van der Waals surface area contributed by atoms with Gasteiger partial charge in [0.25, 0.3) is 5.69 Å². The molecule has 0 amide bonds. The third-order valence-electron chi connectivity index (χ3n) is 3.80. The molecule has 0 heterocycles. The van der Waals surface area contributed by atoms with Gasteiger partial charge in [0, 0.05) is 17.7 Å². The lowest BCUT2D eigenvalue weighted by Gasteiger charge is -2.03. The van der Waals surface area contributed by atoms with Crippen LogP contribution < -0.4 is 17.2 Å². The molecule has 7 N–H and O–H groups in total. The van der Waals surface area contributed by atoms with Gasteiger partial charge in [-0.05, 0) is 50.0 Å². The highest BCUT2D eigenvalue weighted by atomic mass is 16.6. The molecular weight excluding hydrogens is 388 g/mol. The number of unbranched alkanes of at least 4 members (excludes halogenated alkanes) is 1. The van der Waals surface area contributed by atoms with E-state index in [0.29, 0.717) is 24.8 Å². The maximum absolute atomic E-state index is 10.1. The van der Waals surface area contributed by atoms with Crippen LogP contribution in [0.3, 0.4) is 0 Å². The average molecular weight is 418 g/mol. The molecule has 0 bridgehead atoms. The van der Waals surface area contributed by atoms with Crippen LogP contribution in [-0.4, -0.2) is 41.4 Å². The van der Waals surface area contributed by atoms with Crippen LogP contribution in [0.25, 0.3) is 0 Å². The monoisotopic (exact) mass is 418 g/mol. The molecule has 0 fully saturated rings. The summed E-state index contributed by atoms with van der Waals surface area (Å²) in [6, 6.07) is 14.9. The maximum Gasteiger partial charge on any atom is 0.320 e.